The van der Waals surface area contributed by atoms with Crippen molar-refractivity contribution in [3.05, 3.63) is 23.5 Å². The molecule has 0 bridgehead atoms. The van der Waals surface area contributed by atoms with Crippen LogP contribution in [0.25, 0.3) is 0 Å². The molecule has 2 aliphatic rings. The quantitative estimate of drug-likeness (QED) is 0.435. The maximum absolute atomic E-state index is 12.8. The van der Waals surface area contributed by atoms with E-state index < -0.39 is 42.5 Å². The number of aromatic nitrogens is 1. The molecule has 1 saturated heterocycles. The molecule has 2 heterocycles. The molecule has 0 unspecified atom stereocenters. The Morgan fingerprint density at radius 3 is 2.93 bits per heavy atom. The molecule has 9 nitrogen and oxygen atoms in total. The number of halogens is 1. The normalized spacial score (nSPS) is 24.2. The number of carbonyl (C=O) groups excluding carboxylic acids is 4. The highest BCUT2D eigenvalue weighted by molar-refractivity contribution is 6.32. The number of nitrogens with one attached hydrogen (secondary N) is 2. The molecule has 4 amide bonds. The Morgan fingerprint density at radius 1 is 1.43 bits per heavy atom. The zero-order valence-electron chi connectivity index (χ0n) is 15.4. The number of esters is 1. The Morgan fingerprint density at radius 2 is 2.21 bits per heavy atom. The van der Waals surface area contributed by atoms with Crippen LogP contribution in [0.1, 0.15) is 32.6 Å². The lowest BCUT2D eigenvalue weighted by Gasteiger charge is -2.36. The van der Waals surface area contributed by atoms with Crippen LogP contribution in [0.4, 0.5) is 10.5 Å². The number of pyridine rings is 1. The Kier molecular flexibility index (Phi) is 5.83. The minimum Gasteiger partial charge on any atom is -0.454 e. The van der Waals surface area contributed by atoms with Crippen LogP contribution in [0.3, 0.4) is 0 Å². The number of hydrogen-bond donors (Lipinski definition) is 2. The van der Waals surface area contributed by atoms with Crippen LogP contribution in [-0.2, 0) is 19.1 Å². The van der Waals surface area contributed by atoms with Gasteiger partial charge in [-0.15, -0.1) is 0 Å². The number of hydrogen-bond acceptors (Lipinski definition) is 6. The molecule has 2 N–H and O–H groups in total. The molecule has 0 aromatic carbocycles. The monoisotopic (exact) mass is 408 g/mol. The summed E-state index contributed by atoms with van der Waals surface area (Å²) in [5.41, 5.74) is -0.656. The van der Waals surface area contributed by atoms with E-state index in [0.29, 0.717) is 6.42 Å². The van der Waals surface area contributed by atoms with Gasteiger partial charge in [-0.1, -0.05) is 31.4 Å². The SMILES string of the molecule is C[C@H]1CCCC[C@@]12NC(=O)N(CC(=O)OCC(=O)Nc1cccnc1Cl)C2=O. The highest BCUT2D eigenvalue weighted by Gasteiger charge is 2.55. The molecule has 10 heteroatoms. The summed E-state index contributed by atoms with van der Waals surface area (Å²) < 4.78 is 4.89. The zero-order valence-corrected chi connectivity index (χ0v) is 16.1. The van der Waals surface area contributed by atoms with Crippen molar-refractivity contribution < 1.29 is 23.9 Å². The van der Waals surface area contributed by atoms with Gasteiger partial charge in [0.15, 0.2) is 11.8 Å². The van der Waals surface area contributed by atoms with Gasteiger partial charge >= 0.3 is 12.0 Å². The molecule has 28 heavy (non-hydrogen) atoms. The van der Waals surface area contributed by atoms with Crippen LogP contribution in [0.5, 0.6) is 0 Å². The molecule has 150 valence electrons. The predicted octanol–water partition coefficient (Wildman–Crippen LogP) is 1.72. The fourth-order valence-corrected chi connectivity index (χ4v) is 3.79. The lowest BCUT2D eigenvalue weighted by atomic mass is 9.73. The molecule has 1 aromatic heterocycles. The maximum atomic E-state index is 12.8. The van der Waals surface area contributed by atoms with Crippen molar-refractivity contribution in [1.82, 2.24) is 15.2 Å². The number of nitrogens with zero attached hydrogens (tertiary/aromatic N) is 2. The van der Waals surface area contributed by atoms with Crippen molar-refractivity contribution in [1.29, 1.82) is 0 Å². The first kappa shape index (κ1) is 20.1. The fourth-order valence-electron chi connectivity index (χ4n) is 3.63. The highest BCUT2D eigenvalue weighted by atomic mass is 35.5. The molecule has 1 aliphatic carbocycles. The summed E-state index contributed by atoms with van der Waals surface area (Å²) in [7, 11) is 0. The second-order valence-corrected chi connectivity index (χ2v) is 7.35. The van der Waals surface area contributed by atoms with Gasteiger partial charge in [0.25, 0.3) is 11.8 Å². The van der Waals surface area contributed by atoms with E-state index in [0.717, 1.165) is 24.2 Å². The number of urea groups is 1. The van der Waals surface area contributed by atoms with Crippen LogP contribution in [0.15, 0.2) is 18.3 Å². The summed E-state index contributed by atoms with van der Waals surface area (Å²) in [5, 5.41) is 5.32. The third-order valence-corrected chi connectivity index (χ3v) is 5.49. The zero-order chi connectivity index (χ0) is 20.3. The van der Waals surface area contributed by atoms with Crippen LogP contribution in [0.2, 0.25) is 5.15 Å². The minimum absolute atomic E-state index is 0.00581. The second kappa shape index (κ2) is 8.14. The summed E-state index contributed by atoms with van der Waals surface area (Å²) in [6, 6.07) is 2.53. The van der Waals surface area contributed by atoms with Gasteiger partial charge in [-0.3, -0.25) is 19.3 Å². The second-order valence-electron chi connectivity index (χ2n) is 6.99. The number of anilines is 1. The molecule has 1 saturated carbocycles. The molecule has 1 aromatic rings. The number of rotatable bonds is 5. The van der Waals surface area contributed by atoms with Crippen LogP contribution in [-0.4, -0.2) is 52.4 Å². The summed E-state index contributed by atoms with van der Waals surface area (Å²) in [6.45, 7) is 0.808. The molecular formula is C18H21ClN4O5. The van der Waals surface area contributed by atoms with E-state index in [1.54, 1.807) is 12.1 Å². The summed E-state index contributed by atoms with van der Waals surface area (Å²) in [6.07, 6.45) is 4.70. The van der Waals surface area contributed by atoms with Crippen LogP contribution in [0, 0.1) is 5.92 Å². The molecular weight excluding hydrogens is 388 g/mol. The van der Waals surface area contributed by atoms with Gasteiger partial charge in [0, 0.05) is 6.20 Å². The standard InChI is InChI=1S/C18H21ClN4O5/c1-11-5-2-3-7-18(11)16(26)23(17(27)22-18)9-14(25)28-10-13(24)21-12-6-4-8-20-15(12)19/h4,6,8,11H,2-3,5,7,9-10H2,1H3,(H,21,24)(H,22,27)/t11-,18+/m0/s1. The first-order valence-corrected chi connectivity index (χ1v) is 9.41. The van der Waals surface area contributed by atoms with E-state index >= 15 is 0 Å². The Hall–Kier alpha value is -2.68. The highest BCUT2D eigenvalue weighted by Crippen LogP contribution is 2.38. The maximum Gasteiger partial charge on any atom is 0.326 e. The van der Waals surface area contributed by atoms with Crippen LogP contribution >= 0.6 is 11.6 Å². The average molecular weight is 409 g/mol. The van der Waals surface area contributed by atoms with Gasteiger partial charge in [0.2, 0.25) is 0 Å². The van der Waals surface area contributed by atoms with Crippen molar-refractivity contribution in [2.75, 3.05) is 18.5 Å². The molecule has 0 radical (unpaired) electrons. The summed E-state index contributed by atoms with van der Waals surface area (Å²) in [4.78, 5) is 53.6. The minimum atomic E-state index is -0.940. The third kappa shape index (κ3) is 3.94. The van der Waals surface area contributed by atoms with Gasteiger partial charge in [-0.05, 0) is 30.9 Å². The van der Waals surface area contributed by atoms with Crippen molar-refractivity contribution >= 4 is 41.1 Å². The number of ether oxygens (including phenoxy) is 1. The van der Waals surface area contributed by atoms with E-state index in [-0.39, 0.29) is 16.8 Å². The Balaban J connectivity index is 1.53. The van der Waals surface area contributed by atoms with Gasteiger partial charge in [-0.2, -0.15) is 0 Å². The van der Waals surface area contributed by atoms with E-state index in [1.165, 1.54) is 6.20 Å². The fraction of sp³-hybridized carbons (Fsp3) is 0.500. The largest absolute Gasteiger partial charge is 0.454 e. The smallest absolute Gasteiger partial charge is 0.326 e. The van der Waals surface area contributed by atoms with E-state index in [1.807, 2.05) is 6.92 Å². The Labute approximate surface area is 166 Å². The molecule has 2 atom stereocenters. The van der Waals surface area contributed by atoms with E-state index in [2.05, 4.69) is 15.6 Å². The molecule has 1 spiro atoms. The van der Waals surface area contributed by atoms with Gasteiger partial charge in [-0.25, -0.2) is 9.78 Å². The first-order chi connectivity index (χ1) is 13.3. The lowest BCUT2D eigenvalue weighted by Crippen LogP contribution is -2.54. The van der Waals surface area contributed by atoms with Crippen molar-refractivity contribution in [3.8, 4) is 0 Å². The molecule has 1 aliphatic heterocycles. The summed E-state index contributed by atoms with van der Waals surface area (Å²) >= 11 is 5.84. The van der Waals surface area contributed by atoms with Crippen molar-refractivity contribution in [2.45, 2.75) is 38.1 Å². The van der Waals surface area contributed by atoms with Gasteiger partial charge in [0.05, 0.1) is 5.69 Å². The third-order valence-electron chi connectivity index (χ3n) is 5.19. The van der Waals surface area contributed by atoms with Gasteiger partial charge in [0.1, 0.15) is 12.1 Å². The average Bonchev–Trinajstić information content (AvgIpc) is 2.89. The summed E-state index contributed by atoms with van der Waals surface area (Å²) in [5.74, 6) is -1.88. The van der Waals surface area contributed by atoms with E-state index in [9.17, 15) is 19.2 Å². The Bertz CT molecular complexity index is 817. The number of carbonyl (C=O) groups is 4. The molecule has 2 fully saturated rings. The number of amides is 4. The topological polar surface area (TPSA) is 118 Å². The van der Waals surface area contributed by atoms with E-state index in [4.69, 9.17) is 16.3 Å². The molecule has 3 rings (SSSR count). The van der Waals surface area contributed by atoms with Crippen LogP contribution < -0.4 is 10.6 Å². The first-order valence-electron chi connectivity index (χ1n) is 9.03. The van der Waals surface area contributed by atoms with Crippen molar-refractivity contribution in [2.24, 2.45) is 5.92 Å². The lowest BCUT2D eigenvalue weighted by molar-refractivity contribution is -0.150. The predicted molar refractivity (Wildman–Crippen MR) is 99.4 cm³/mol. The van der Waals surface area contributed by atoms with Crippen molar-refractivity contribution in [3.63, 3.8) is 0 Å². The van der Waals surface area contributed by atoms with Gasteiger partial charge < -0.3 is 15.4 Å². The number of imide groups is 1.